The Morgan fingerprint density at radius 3 is 2.42 bits per heavy atom. The Hall–Kier alpha value is -2.02. The van der Waals surface area contributed by atoms with Crippen molar-refractivity contribution in [1.29, 1.82) is 0 Å². The number of ether oxygens (including phenoxy) is 1. The van der Waals surface area contributed by atoms with Gasteiger partial charge in [0.2, 0.25) is 5.91 Å². The molecule has 0 heterocycles. The van der Waals surface area contributed by atoms with Gasteiger partial charge in [0.05, 0.1) is 20.1 Å². The fourth-order valence-corrected chi connectivity index (χ4v) is 1.43. The first kappa shape index (κ1) is 15.0. The quantitative estimate of drug-likeness (QED) is 0.749. The highest BCUT2D eigenvalue weighted by Crippen LogP contribution is 2.12. The second-order valence-electron chi connectivity index (χ2n) is 3.70. The largest absolute Gasteiger partial charge is 0.467 e. The minimum absolute atomic E-state index is 0.401. The number of carbonyl (C=O) groups is 2. The maximum atomic E-state index is 13.3. The predicted molar refractivity (Wildman–Crippen MR) is 61.1 cm³/mol. The van der Waals surface area contributed by atoms with E-state index in [0.717, 1.165) is 19.2 Å². The van der Waals surface area contributed by atoms with E-state index in [1.165, 1.54) is 6.07 Å². The van der Waals surface area contributed by atoms with E-state index in [2.05, 4.69) is 10.1 Å². The molecule has 0 aromatic heterocycles. The van der Waals surface area contributed by atoms with Crippen molar-refractivity contribution in [1.82, 2.24) is 5.32 Å². The summed E-state index contributed by atoms with van der Waals surface area (Å²) in [6.07, 6.45) is -0.577. The van der Waals surface area contributed by atoms with Gasteiger partial charge in [0.25, 0.3) is 0 Å². The van der Waals surface area contributed by atoms with E-state index in [4.69, 9.17) is 5.11 Å². The van der Waals surface area contributed by atoms with Crippen molar-refractivity contribution < 1.29 is 28.2 Å². The summed E-state index contributed by atoms with van der Waals surface area (Å²) in [7, 11) is 1.09. The molecule has 2 N–H and O–H groups in total. The van der Waals surface area contributed by atoms with Gasteiger partial charge in [-0.3, -0.25) is 4.79 Å². The molecule has 1 rings (SSSR count). The minimum Gasteiger partial charge on any atom is -0.467 e. The summed E-state index contributed by atoms with van der Waals surface area (Å²) in [5, 5.41) is 11.0. The summed E-state index contributed by atoms with van der Waals surface area (Å²) in [6.45, 7) is -0.668. The van der Waals surface area contributed by atoms with Crippen molar-refractivity contribution in [3.8, 4) is 0 Å². The number of methoxy groups -OCH3 is 1. The lowest BCUT2D eigenvalue weighted by Crippen LogP contribution is -2.44. The molecule has 0 fully saturated rings. The van der Waals surface area contributed by atoms with Crippen LogP contribution in [0, 0.1) is 11.6 Å². The fourth-order valence-electron chi connectivity index (χ4n) is 1.43. The summed E-state index contributed by atoms with van der Waals surface area (Å²) in [5.41, 5.74) is -0.401. The first-order chi connectivity index (χ1) is 8.99. The Balaban J connectivity index is 2.72. The van der Waals surface area contributed by atoms with Gasteiger partial charge < -0.3 is 15.2 Å². The Morgan fingerprint density at radius 1 is 1.37 bits per heavy atom. The van der Waals surface area contributed by atoms with Crippen molar-refractivity contribution in [2.75, 3.05) is 13.7 Å². The average molecular weight is 273 g/mol. The molecule has 0 aliphatic heterocycles. The summed E-state index contributed by atoms with van der Waals surface area (Å²) in [5.74, 6) is -3.35. The predicted octanol–water partition coefficient (Wildman–Crippen LogP) is 0.157. The number of hydrogen-bond acceptors (Lipinski definition) is 4. The van der Waals surface area contributed by atoms with Crippen molar-refractivity contribution in [3.05, 3.63) is 35.4 Å². The normalized spacial score (nSPS) is 11.8. The number of amides is 1. The number of hydrogen-bond donors (Lipinski definition) is 2. The molecule has 0 bridgehead atoms. The molecule has 0 radical (unpaired) electrons. The Kier molecular flexibility index (Phi) is 5.37. The van der Waals surface area contributed by atoms with Crippen molar-refractivity contribution in [3.63, 3.8) is 0 Å². The van der Waals surface area contributed by atoms with Gasteiger partial charge in [-0.05, 0) is 12.1 Å². The summed E-state index contributed by atoms with van der Waals surface area (Å²) in [6, 6.07) is 1.97. The van der Waals surface area contributed by atoms with Crippen LogP contribution in [0.5, 0.6) is 0 Å². The minimum atomic E-state index is -1.26. The molecule has 1 aromatic carbocycles. The summed E-state index contributed by atoms with van der Waals surface area (Å²) < 4.78 is 30.9. The van der Waals surface area contributed by atoms with Gasteiger partial charge in [0.15, 0.2) is 6.04 Å². The molecule has 1 amide bonds. The number of rotatable bonds is 5. The first-order valence-electron chi connectivity index (χ1n) is 5.40. The zero-order chi connectivity index (χ0) is 14.4. The smallest absolute Gasteiger partial charge is 0.330 e. The fraction of sp³-hybridized carbons (Fsp3) is 0.333. The van der Waals surface area contributed by atoms with E-state index >= 15 is 0 Å². The Morgan fingerprint density at radius 2 is 1.95 bits per heavy atom. The third-order valence-corrected chi connectivity index (χ3v) is 2.40. The van der Waals surface area contributed by atoms with Crippen LogP contribution in [0.25, 0.3) is 0 Å². The topological polar surface area (TPSA) is 75.6 Å². The van der Waals surface area contributed by atoms with Gasteiger partial charge in [-0.15, -0.1) is 0 Å². The number of carbonyl (C=O) groups excluding carboxylic acids is 2. The number of aliphatic hydroxyl groups excluding tert-OH is 1. The van der Waals surface area contributed by atoms with E-state index in [1.807, 2.05) is 0 Å². The number of esters is 1. The molecule has 0 saturated heterocycles. The monoisotopic (exact) mass is 273 g/mol. The van der Waals surface area contributed by atoms with Gasteiger partial charge in [0.1, 0.15) is 11.6 Å². The molecular formula is C12H13F2NO4. The van der Waals surface area contributed by atoms with Gasteiger partial charge in [0, 0.05) is 5.56 Å². The average Bonchev–Trinajstić information content (AvgIpc) is 2.39. The van der Waals surface area contributed by atoms with Crippen LogP contribution in [0.15, 0.2) is 18.2 Å². The van der Waals surface area contributed by atoms with Crippen LogP contribution < -0.4 is 5.32 Å². The third kappa shape index (κ3) is 3.99. The summed E-state index contributed by atoms with van der Waals surface area (Å²) in [4.78, 5) is 22.7. The molecule has 0 saturated carbocycles. The zero-order valence-electron chi connectivity index (χ0n) is 10.2. The van der Waals surface area contributed by atoms with Crippen molar-refractivity contribution in [2.24, 2.45) is 0 Å². The highest BCUT2D eigenvalue weighted by Gasteiger charge is 2.21. The molecule has 1 unspecified atom stereocenters. The number of benzene rings is 1. The Labute approximate surface area is 108 Å². The van der Waals surface area contributed by atoms with Crippen LogP contribution in [0.1, 0.15) is 5.56 Å². The van der Waals surface area contributed by atoms with Gasteiger partial charge in [-0.25, -0.2) is 13.6 Å². The van der Waals surface area contributed by atoms with Gasteiger partial charge >= 0.3 is 5.97 Å². The van der Waals surface area contributed by atoms with Gasteiger partial charge in [-0.1, -0.05) is 6.07 Å². The third-order valence-electron chi connectivity index (χ3n) is 2.40. The van der Waals surface area contributed by atoms with Crippen LogP contribution in [-0.2, 0) is 20.7 Å². The molecule has 5 nitrogen and oxygen atoms in total. The van der Waals surface area contributed by atoms with Crippen molar-refractivity contribution >= 4 is 11.9 Å². The standard InChI is InChI=1S/C12H13F2NO4/c1-19-12(18)10(6-16)15-11(17)5-7-8(13)3-2-4-9(7)14/h2-4,10,16H,5-6H2,1H3,(H,15,17). The maximum absolute atomic E-state index is 13.3. The molecular weight excluding hydrogens is 260 g/mol. The molecule has 1 aromatic rings. The molecule has 19 heavy (non-hydrogen) atoms. The molecule has 7 heteroatoms. The van der Waals surface area contributed by atoms with Crippen LogP contribution in [-0.4, -0.2) is 36.7 Å². The van der Waals surface area contributed by atoms with Crippen molar-refractivity contribution in [2.45, 2.75) is 12.5 Å². The Bertz CT molecular complexity index is 459. The SMILES string of the molecule is COC(=O)C(CO)NC(=O)Cc1c(F)cccc1F. The number of nitrogens with one attached hydrogen (secondary N) is 1. The molecule has 1 atom stereocenters. The summed E-state index contributed by atoms with van der Waals surface area (Å²) >= 11 is 0. The lowest BCUT2D eigenvalue weighted by molar-refractivity contribution is -0.146. The van der Waals surface area contributed by atoms with Crippen LogP contribution in [0.3, 0.4) is 0 Å². The van der Waals surface area contributed by atoms with E-state index < -0.39 is 48.1 Å². The highest BCUT2D eigenvalue weighted by atomic mass is 19.1. The van der Waals surface area contributed by atoms with E-state index in [0.29, 0.717) is 0 Å². The maximum Gasteiger partial charge on any atom is 0.330 e. The van der Waals surface area contributed by atoms with Crippen LogP contribution in [0.2, 0.25) is 0 Å². The van der Waals surface area contributed by atoms with E-state index in [-0.39, 0.29) is 0 Å². The van der Waals surface area contributed by atoms with Crippen LogP contribution >= 0.6 is 0 Å². The van der Waals surface area contributed by atoms with E-state index in [1.54, 1.807) is 0 Å². The highest BCUT2D eigenvalue weighted by molar-refractivity contribution is 5.85. The molecule has 104 valence electrons. The lowest BCUT2D eigenvalue weighted by atomic mass is 10.1. The molecule has 0 aliphatic rings. The number of aliphatic hydroxyl groups is 1. The second kappa shape index (κ2) is 6.79. The van der Waals surface area contributed by atoms with Gasteiger partial charge in [-0.2, -0.15) is 0 Å². The second-order valence-corrected chi connectivity index (χ2v) is 3.70. The van der Waals surface area contributed by atoms with Crippen LogP contribution in [0.4, 0.5) is 8.78 Å². The van der Waals surface area contributed by atoms with E-state index in [9.17, 15) is 18.4 Å². The number of halogens is 2. The first-order valence-corrected chi connectivity index (χ1v) is 5.40. The lowest BCUT2D eigenvalue weighted by Gasteiger charge is -2.14. The molecule has 0 aliphatic carbocycles. The molecule has 0 spiro atoms. The zero-order valence-corrected chi connectivity index (χ0v) is 10.2.